The van der Waals surface area contributed by atoms with Crippen molar-refractivity contribution in [3.63, 3.8) is 0 Å². The van der Waals surface area contributed by atoms with Gasteiger partial charge in [0.1, 0.15) is 0 Å². The number of rotatable bonds is 3. The molecule has 0 aromatic heterocycles. The molecule has 1 aromatic rings. The van der Waals surface area contributed by atoms with E-state index in [1.807, 2.05) is 0 Å². The zero-order valence-corrected chi connectivity index (χ0v) is 10.8. The van der Waals surface area contributed by atoms with Crippen LogP contribution in [0.25, 0.3) is 0 Å². The van der Waals surface area contributed by atoms with E-state index >= 15 is 0 Å². The van der Waals surface area contributed by atoms with Crippen molar-refractivity contribution in [1.82, 2.24) is 5.32 Å². The lowest BCUT2D eigenvalue weighted by Gasteiger charge is -2.08. The van der Waals surface area contributed by atoms with Crippen LogP contribution in [0.1, 0.15) is 13.3 Å². The first-order valence-electron chi connectivity index (χ1n) is 5.64. The van der Waals surface area contributed by atoms with Gasteiger partial charge in [0.15, 0.2) is 0 Å². The topological polar surface area (TPSA) is 106 Å². The van der Waals surface area contributed by atoms with Crippen LogP contribution in [0.15, 0.2) is 29.3 Å². The first kappa shape index (κ1) is 14.5. The van der Waals surface area contributed by atoms with E-state index < -0.39 is 6.09 Å². The Hall–Kier alpha value is -2.57. The van der Waals surface area contributed by atoms with Crippen molar-refractivity contribution in [2.24, 2.45) is 10.7 Å². The number of alkyl carbamates (subject to hydrolysis) is 1. The minimum atomic E-state index is -0.712. The molecule has 2 amide bonds. The molecule has 0 heterocycles. The number of para-hydroxylation sites is 2. The lowest BCUT2D eigenvalue weighted by Crippen LogP contribution is -2.36. The van der Waals surface area contributed by atoms with Crippen LogP contribution in [-0.2, 0) is 9.53 Å². The van der Waals surface area contributed by atoms with Gasteiger partial charge in [0.05, 0.1) is 18.5 Å². The maximum Gasteiger partial charge on any atom is 0.413 e. The van der Waals surface area contributed by atoms with Gasteiger partial charge in [-0.25, -0.2) is 9.79 Å². The number of nitrogens with one attached hydrogen (secondary N) is 2. The summed E-state index contributed by atoms with van der Waals surface area (Å²) >= 11 is 0. The molecule has 0 aliphatic rings. The van der Waals surface area contributed by atoms with Gasteiger partial charge in [0.2, 0.25) is 11.9 Å². The van der Waals surface area contributed by atoms with Gasteiger partial charge in [-0.2, -0.15) is 0 Å². The molecular weight excluding hydrogens is 248 g/mol. The Balaban J connectivity index is 2.91. The van der Waals surface area contributed by atoms with E-state index in [4.69, 9.17) is 5.73 Å². The fourth-order valence-electron chi connectivity index (χ4n) is 1.23. The summed E-state index contributed by atoms with van der Waals surface area (Å²) in [6, 6.07) is 6.86. The summed E-state index contributed by atoms with van der Waals surface area (Å²) in [6.45, 7) is 1.74. The first-order valence-corrected chi connectivity index (χ1v) is 5.64. The average Bonchev–Trinajstić information content (AvgIpc) is 2.40. The number of hydrogen-bond donors (Lipinski definition) is 3. The molecule has 7 heteroatoms. The van der Waals surface area contributed by atoms with Gasteiger partial charge in [-0.15, -0.1) is 0 Å². The minimum Gasteiger partial charge on any atom is -0.453 e. The molecule has 0 bridgehead atoms. The van der Waals surface area contributed by atoms with Gasteiger partial charge in [-0.1, -0.05) is 19.1 Å². The summed E-state index contributed by atoms with van der Waals surface area (Å²) in [5.74, 6) is -0.257. The van der Waals surface area contributed by atoms with Crippen LogP contribution in [0.2, 0.25) is 0 Å². The lowest BCUT2D eigenvalue weighted by atomic mass is 10.2. The summed E-state index contributed by atoms with van der Waals surface area (Å²) in [7, 11) is 1.22. The number of methoxy groups -OCH3 is 1. The van der Waals surface area contributed by atoms with Crippen molar-refractivity contribution in [3.05, 3.63) is 24.3 Å². The van der Waals surface area contributed by atoms with E-state index in [9.17, 15) is 9.59 Å². The van der Waals surface area contributed by atoms with Crippen LogP contribution in [0.4, 0.5) is 16.2 Å². The zero-order valence-electron chi connectivity index (χ0n) is 10.8. The molecule has 0 aliphatic carbocycles. The molecule has 0 saturated carbocycles. The molecule has 0 aliphatic heterocycles. The Morgan fingerprint density at radius 2 is 2.05 bits per heavy atom. The highest BCUT2D eigenvalue weighted by Gasteiger charge is 2.06. The van der Waals surface area contributed by atoms with Crippen LogP contribution in [0.5, 0.6) is 0 Å². The van der Waals surface area contributed by atoms with Crippen LogP contribution >= 0.6 is 0 Å². The number of anilines is 1. The van der Waals surface area contributed by atoms with Crippen molar-refractivity contribution in [2.45, 2.75) is 13.3 Å². The van der Waals surface area contributed by atoms with E-state index in [0.717, 1.165) is 0 Å². The molecule has 1 rings (SSSR count). The van der Waals surface area contributed by atoms with Gasteiger partial charge >= 0.3 is 6.09 Å². The number of aliphatic imine (C=N–C) groups is 1. The number of nitrogens with zero attached hydrogens (tertiary/aromatic N) is 1. The van der Waals surface area contributed by atoms with E-state index in [-0.39, 0.29) is 11.9 Å². The maximum atomic E-state index is 11.4. The zero-order chi connectivity index (χ0) is 14.3. The number of carbonyl (C=O) groups excluding carboxylic acids is 2. The fourth-order valence-corrected chi connectivity index (χ4v) is 1.23. The van der Waals surface area contributed by atoms with Crippen molar-refractivity contribution >= 4 is 29.3 Å². The van der Waals surface area contributed by atoms with Crippen molar-refractivity contribution in [1.29, 1.82) is 0 Å². The molecule has 0 fully saturated rings. The largest absolute Gasteiger partial charge is 0.453 e. The summed E-state index contributed by atoms with van der Waals surface area (Å²) in [6.07, 6.45) is -0.357. The van der Waals surface area contributed by atoms with Crippen molar-refractivity contribution < 1.29 is 14.3 Å². The number of ether oxygens (including phenoxy) is 1. The normalized spacial score (nSPS) is 10.7. The Bertz CT molecular complexity index is 500. The molecule has 7 nitrogen and oxygen atoms in total. The predicted molar refractivity (Wildman–Crippen MR) is 72.2 cm³/mol. The summed E-state index contributed by atoms with van der Waals surface area (Å²) in [5, 5.41) is 4.91. The highest BCUT2D eigenvalue weighted by atomic mass is 16.5. The van der Waals surface area contributed by atoms with Crippen molar-refractivity contribution in [3.8, 4) is 0 Å². The SMILES string of the molecule is CCC(=O)Nc1ccccc1N=C(N)NC(=O)OC. The van der Waals surface area contributed by atoms with Gasteiger partial charge < -0.3 is 15.8 Å². The van der Waals surface area contributed by atoms with Crippen molar-refractivity contribution in [2.75, 3.05) is 12.4 Å². The first-order chi connectivity index (χ1) is 9.06. The Morgan fingerprint density at radius 1 is 1.37 bits per heavy atom. The third kappa shape index (κ3) is 4.66. The van der Waals surface area contributed by atoms with Crippen LogP contribution < -0.4 is 16.4 Å². The number of amides is 2. The molecule has 19 heavy (non-hydrogen) atoms. The summed E-state index contributed by atoms with van der Waals surface area (Å²) < 4.78 is 4.39. The second-order valence-electron chi connectivity index (χ2n) is 3.53. The van der Waals surface area contributed by atoms with Gasteiger partial charge in [0.25, 0.3) is 0 Å². The van der Waals surface area contributed by atoms with Crippen LogP contribution in [0, 0.1) is 0 Å². The number of benzene rings is 1. The van der Waals surface area contributed by atoms with E-state index in [2.05, 4.69) is 20.4 Å². The molecule has 0 radical (unpaired) electrons. The van der Waals surface area contributed by atoms with E-state index in [0.29, 0.717) is 17.8 Å². The molecule has 4 N–H and O–H groups in total. The standard InChI is InChI=1S/C12H16N4O3/c1-3-10(17)14-8-6-4-5-7-9(8)15-11(13)16-12(18)19-2/h4-7H,3H2,1-2H3,(H,14,17)(H3,13,15,16,18). The highest BCUT2D eigenvalue weighted by Crippen LogP contribution is 2.24. The average molecular weight is 264 g/mol. The van der Waals surface area contributed by atoms with Crippen LogP contribution in [0.3, 0.4) is 0 Å². The molecular formula is C12H16N4O3. The number of hydrogen-bond acceptors (Lipinski definition) is 4. The molecule has 0 saturated heterocycles. The summed E-state index contributed by atoms with van der Waals surface area (Å²) in [4.78, 5) is 26.3. The highest BCUT2D eigenvalue weighted by molar-refractivity contribution is 5.97. The molecule has 1 aromatic carbocycles. The van der Waals surface area contributed by atoms with Gasteiger partial charge in [-0.05, 0) is 12.1 Å². The van der Waals surface area contributed by atoms with Gasteiger partial charge in [0, 0.05) is 6.42 Å². The Kier molecular flexibility index (Phi) is 5.34. The number of nitrogens with two attached hydrogens (primary N) is 1. The second kappa shape index (κ2) is 7.00. The monoisotopic (exact) mass is 264 g/mol. The van der Waals surface area contributed by atoms with E-state index in [1.54, 1.807) is 31.2 Å². The minimum absolute atomic E-state index is 0.120. The number of carbonyl (C=O) groups is 2. The predicted octanol–water partition coefficient (Wildman–Crippen LogP) is 1.34. The molecule has 0 unspecified atom stereocenters. The Labute approximate surface area is 110 Å². The third-order valence-electron chi connectivity index (χ3n) is 2.16. The quantitative estimate of drug-likeness (QED) is 0.565. The Morgan fingerprint density at radius 3 is 2.68 bits per heavy atom. The second-order valence-corrected chi connectivity index (χ2v) is 3.53. The fraction of sp³-hybridized carbons (Fsp3) is 0.250. The molecule has 0 atom stereocenters. The third-order valence-corrected chi connectivity index (χ3v) is 2.16. The van der Waals surface area contributed by atoms with Crippen LogP contribution in [-0.4, -0.2) is 25.1 Å². The maximum absolute atomic E-state index is 11.4. The van der Waals surface area contributed by atoms with Gasteiger partial charge in [-0.3, -0.25) is 10.1 Å². The number of guanidine groups is 1. The smallest absolute Gasteiger partial charge is 0.413 e. The molecule has 0 spiro atoms. The summed E-state index contributed by atoms with van der Waals surface area (Å²) in [5.41, 5.74) is 6.50. The van der Waals surface area contributed by atoms with E-state index in [1.165, 1.54) is 7.11 Å². The molecule has 102 valence electrons. The lowest BCUT2D eigenvalue weighted by molar-refractivity contribution is -0.115.